The van der Waals surface area contributed by atoms with Crippen LogP contribution >= 0.6 is 0 Å². The van der Waals surface area contributed by atoms with Gasteiger partial charge in [0, 0.05) is 0 Å². The number of Topliss-reactive ketones (excluding diaryl/α,β-unsaturated/α-hetero) is 1. The molecule has 0 radical (unpaired) electrons. The van der Waals surface area contributed by atoms with Crippen LogP contribution in [-0.4, -0.2) is 25.1 Å². The fourth-order valence-electron chi connectivity index (χ4n) is 1.49. The van der Waals surface area contributed by atoms with Crippen molar-refractivity contribution < 1.29 is 18.7 Å². The Bertz CT molecular complexity index is 427. The minimum absolute atomic E-state index is 0.135. The zero-order valence-corrected chi connectivity index (χ0v) is 11.2. The minimum atomic E-state index is -0.397. The molecule has 0 aliphatic rings. The summed E-state index contributed by atoms with van der Waals surface area (Å²) in [7, 11) is 0. The lowest BCUT2D eigenvalue weighted by Crippen LogP contribution is -2.12. The molecule has 0 saturated heterocycles. The van der Waals surface area contributed by atoms with Gasteiger partial charge >= 0.3 is 0 Å². The van der Waals surface area contributed by atoms with Crippen molar-refractivity contribution in [3.8, 4) is 5.75 Å². The van der Waals surface area contributed by atoms with Crippen molar-refractivity contribution in [2.75, 3.05) is 13.2 Å². The van der Waals surface area contributed by atoms with Crippen molar-refractivity contribution in [1.82, 2.24) is 0 Å². The molecule has 1 aromatic rings. The van der Waals surface area contributed by atoms with Gasteiger partial charge in [-0.3, -0.25) is 4.79 Å². The molecule has 100 valence electrons. The molecule has 0 heterocycles. The number of ether oxygens (including phenoxy) is 2. The third kappa shape index (κ3) is 4.11. The lowest BCUT2D eigenvalue weighted by molar-refractivity contribution is 0.0549. The van der Waals surface area contributed by atoms with E-state index in [-0.39, 0.29) is 17.5 Å². The van der Waals surface area contributed by atoms with Crippen LogP contribution in [0.25, 0.3) is 0 Å². The largest absolute Gasteiger partial charge is 0.490 e. The van der Waals surface area contributed by atoms with Crippen LogP contribution in [0.5, 0.6) is 5.75 Å². The molecule has 0 aromatic heterocycles. The van der Waals surface area contributed by atoms with E-state index in [2.05, 4.69) is 0 Å². The van der Waals surface area contributed by atoms with Gasteiger partial charge in [0.25, 0.3) is 0 Å². The average Bonchev–Trinajstić information content (AvgIpc) is 2.28. The summed E-state index contributed by atoms with van der Waals surface area (Å²) < 4.78 is 24.2. The van der Waals surface area contributed by atoms with Crippen LogP contribution in [0.3, 0.4) is 0 Å². The van der Waals surface area contributed by atoms with E-state index in [0.29, 0.717) is 24.5 Å². The maximum Gasteiger partial charge on any atom is 0.163 e. The second-order valence-electron chi connectivity index (χ2n) is 4.42. The molecule has 3 nitrogen and oxygen atoms in total. The summed E-state index contributed by atoms with van der Waals surface area (Å²) in [6, 6.07) is 2.76. The number of halogens is 1. The number of carbonyl (C=O) groups excluding carboxylic acids is 1. The normalized spacial score (nSPS) is 10.8. The summed E-state index contributed by atoms with van der Waals surface area (Å²) in [4.78, 5) is 11.4. The molecule has 0 unspecified atom stereocenters. The first-order valence-corrected chi connectivity index (χ1v) is 5.97. The van der Waals surface area contributed by atoms with Crippen molar-refractivity contribution in [2.45, 2.75) is 33.8 Å². The third-order valence-electron chi connectivity index (χ3n) is 2.43. The fourth-order valence-corrected chi connectivity index (χ4v) is 1.49. The highest BCUT2D eigenvalue weighted by atomic mass is 19.1. The number of hydrogen-bond donors (Lipinski definition) is 0. The predicted octanol–water partition coefficient (Wildman–Crippen LogP) is 3.14. The Morgan fingerprint density at radius 3 is 2.56 bits per heavy atom. The molecule has 18 heavy (non-hydrogen) atoms. The van der Waals surface area contributed by atoms with E-state index in [1.807, 2.05) is 13.8 Å². The van der Waals surface area contributed by atoms with Crippen LogP contribution < -0.4 is 4.74 Å². The molecule has 4 heteroatoms. The molecular weight excluding hydrogens is 235 g/mol. The van der Waals surface area contributed by atoms with Crippen molar-refractivity contribution in [2.24, 2.45) is 0 Å². The van der Waals surface area contributed by atoms with Crippen LogP contribution in [0.1, 0.15) is 36.7 Å². The Morgan fingerprint density at radius 1 is 1.33 bits per heavy atom. The summed E-state index contributed by atoms with van der Waals surface area (Å²) >= 11 is 0. The van der Waals surface area contributed by atoms with E-state index in [4.69, 9.17) is 9.47 Å². The highest BCUT2D eigenvalue weighted by Crippen LogP contribution is 2.23. The smallest absolute Gasteiger partial charge is 0.163 e. The monoisotopic (exact) mass is 254 g/mol. The fraction of sp³-hybridized carbons (Fsp3) is 0.500. The summed E-state index contributed by atoms with van der Waals surface area (Å²) in [5, 5.41) is 0. The second kappa shape index (κ2) is 6.50. The Labute approximate surface area is 107 Å². The number of carbonyl (C=O) groups is 1. The number of ketones is 1. The van der Waals surface area contributed by atoms with Gasteiger partial charge in [-0.05, 0) is 45.4 Å². The molecule has 0 atom stereocenters. The number of aryl methyl sites for hydroxylation is 1. The maximum absolute atomic E-state index is 13.4. The van der Waals surface area contributed by atoms with E-state index in [1.165, 1.54) is 13.0 Å². The maximum atomic E-state index is 13.4. The zero-order valence-electron chi connectivity index (χ0n) is 11.2. The average molecular weight is 254 g/mol. The quantitative estimate of drug-likeness (QED) is 0.578. The molecule has 0 aliphatic carbocycles. The molecule has 0 spiro atoms. The molecule has 0 N–H and O–H groups in total. The molecule has 0 amide bonds. The van der Waals surface area contributed by atoms with Crippen molar-refractivity contribution in [3.63, 3.8) is 0 Å². The van der Waals surface area contributed by atoms with Crippen molar-refractivity contribution in [3.05, 3.63) is 29.1 Å². The van der Waals surface area contributed by atoms with Crippen LogP contribution in [0.2, 0.25) is 0 Å². The van der Waals surface area contributed by atoms with E-state index in [0.717, 1.165) is 0 Å². The predicted molar refractivity (Wildman–Crippen MR) is 67.7 cm³/mol. The van der Waals surface area contributed by atoms with Gasteiger partial charge in [-0.1, -0.05) is 0 Å². The first-order valence-electron chi connectivity index (χ1n) is 5.97. The standard InChI is InChI=1S/C14H19FO3/c1-9(2)17-5-6-18-14-7-10(3)13(15)8-12(14)11(4)16/h7-9H,5-6H2,1-4H3. The minimum Gasteiger partial charge on any atom is -0.490 e. The van der Waals surface area contributed by atoms with Crippen LogP contribution in [-0.2, 0) is 4.74 Å². The highest BCUT2D eigenvalue weighted by molar-refractivity contribution is 5.96. The van der Waals surface area contributed by atoms with Gasteiger partial charge in [0.15, 0.2) is 5.78 Å². The van der Waals surface area contributed by atoms with E-state index in [9.17, 15) is 9.18 Å². The van der Waals surface area contributed by atoms with E-state index >= 15 is 0 Å². The van der Waals surface area contributed by atoms with Crippen molar-refractivity contribution >= 4 is 5.78 Å². The molecule has 0 saturated carbocycles. The molecule has 1 aromatic carbocycles. The van der Waals surface area contributed by atoms with Gasteiger partial charge in [0.05, 0.1) is 18.3 Å². The molecule has 0 aliphatic heterocycles. The Balaban J connectivity index is 2.74. The number of benzene rings is 1. The highest BCUT2D eigenvalue weighted by Gasteiger charge is 2.12. The van der Waals surface area contributed by atoms with Gasteiger partial charge in [0.2, 0.25) is 0 Å². The molecule has 0 bridgehead atoms. The Kier molecular flexibility index (Phi) is 5.28. The molecule has 0 fully saturated rings. The van der Waals surface area contributed by atoms with Crippen LogP contribution in [0.15, 0.2) is 12.1 Å². The van der Waals surface area contributed by atoms with Gasteiger partial charge in [-0.25, -0.2) is 4.39 Å². The molecular formula is C14H19FO3. The first-order chi connectivity index (χ1) is 8.41. The lowest BCUT2D eigenvalue weighted by atomic mass is 10.1. The van der Waals surface area contributed by atoms with Crippen molar-refractivity contribution in [1.29, 1.82) is 0 Å². The number of hydrogen-bond acceptors (Lipinski definition) is 3. The zero-order chi connectivity index (χ0) is 13.7. The van der Waals surface area contributed by atoms with Crippen LogP contribution in [0, 0.1) is 12.7 Å². The van der Waals surface area contributed by atoms with Crippen LogP contribution in [0.4, 0.5) is 4.39 Å². The van der Waals surface area contributed by atoms with Gasteiger partial charge in [-0.2, -0.15) is 0 Å². The van der Waals surface area contributed by atoms with Gasteiger partial charge in [0.1, 0.15) is 18.2 Å². The number of rotatable bonds is 6. The Morgan fingerprint density at radius 2 is 2.00 bits per heavy atom. The van der Waals surface area contributed by atoms with E-state index < -0.39 is 5.82 Å². The van der Waals surface area contributed by atoms with E-state index in [1.54, 1.807) is 13.0 Å². The first kappa shape index (κ1) is 14.6. The topological polar surface area (TPSA) is 35.5 Å². The summed E-state index contributed by atoms with van der Waals surface area (Å²) in [5.41, 5.74) is 0.724. The third-order valence-corrected chi connectivity index (χ3v) is 2.43. The SMILES string of the molecule is CC(=O)c1cc(F)c(C)cc1OCCOC(C)C. The molecule has 1 rings (SSSR count). The second-order valence-corrected chi connectivity index (χ2v) is 4.42. The Hall–Kier alpha value is -1.42. The summed E-state index contributed by atoms with van der Waals surface area (Å²) in [6.07, 6.45) is 0.135. The summed E-state index contributed by atoms with van der Waals surface area (Å²) in [5.74, 6) is -0.201. The lowest BCUT2D eigenvalue weighted by Gasteiger charge is -2.12. The summed E-state index contributed by atoms with van der Waals surface area (Å²) in [6.45, 7) is 7.67. The van der Waals surface area contributed by atoms with Gasteiger partial charge < -0.3 is 9.47 Å². The van der Waals surface area contributed by atoms with Gasteiger partial charge in [-0.15, -0.1) is 0 Å².